The lowest BCUT2D eigenvalue weighted by Crippen LogP contribution is -2.11. The zero-order valence-electron chi connectivity index (χ0n) is 7.95. The fourth-order valence-electron chi connectivity index (χ4n) is 1.56. The minimum atomic E-state index is 0.317. The molecular weight excluding hydrogens is 200 g/mol. The van der Waals surface area contributed by atoms with Gasteiger partial charge in [-0.05, 0) is 12.8 Å². The van der Waals surface area contributed by atoms with Crippen molar-refractivity contribution in [2.75, 3.05) is 6.61 Å². The molecule has 0 radical (unpaired) electrons. The Morgan fingerprint density at radius 2 is 2.21 bits per heavy atom. The van der Waals surface area contributed by atoms with Crippen LogP contribution in [-0.4, -0.2) is 22.7 Å². The molecule has 0 aliphatic carbocycles. The Kier molecular flexibility index (Phi) is 3.32. The number of rotatable bonds is 3. The van der Waals surface area contributed by atoms with Gasteiger partial charge in [0.25, 0.3) is 0 Å². The first-order chi connectivity index (χ1) is 6.88. The predicted octanol–water partition coefficient (Wildman–Crippen LogP) is 1.94. The monoisotopic (exact) mass is 212 g/mol. The van der Waals surface area contributed by atoms with Gasteiger partial charge >= 0.3 is 0 Å². The Hall–Kier alpha value is -0.670. The smallest absolute Gasteiger partial charge is 0.130 e. The zero-order valence-corrected chi connectivity index (χ0v) is 8.70. The lowest BCUT2D eigenvalue weighted by molar-refractivity contribution is 0.110. The van der Waals surface area contributed by atoms with E-state index in [9.17, 15) is 0 Å². The summed E-state index contributed by atoms with van der Waals surface area (Å²) in [5.41, 5.74) is 0.961. The van der Waals surface area contributed by atoms with Gasteiger partial charge in [-0.3, -0.25) is 0 Å². The van der Waals surface area contributed by atoms with E-state index in [1.165, 1.54) is 0 Å². The van der Waals surface area contributed by atoms with E-state index < -0.39 is 0 Å². The van der Waals surface area contributed by atoms with E-state index in [0.29, 0.717) is 12.0 Å². The molecule has 1 unspecified atom stereocenters. The molecular formula is C10H13ClN2O. The maximum Gasteiger partial charge on any atom is 0.130 e. The summed E-state index contributed by atoms with van der Waals surface area (Å²) in [7, 11) is 0. The van der Waals surface area contributed by atoms with Crippen molar-refractivity contribution in [2.24, 2.45) is 0 Å². The molecule has 3 nitrogen and oxygen atoms in total. The van der Waals surface area contributed by atoms with Crippen LogP contribution in [0.4, 0.5) is 0 Å². The SMILES string of the molecule is ClCc1cnc(CC2CCCO2)nc1. The van der Waals surface area contributed by atoms with E-state index >= 15 is 0 Å². The fraction of sp³-hybridized carbons (Fsp3) is 0.600. The Labute approximate surface area is 88.5 Å². The van der Waals surface area contributed by atoms with Crippen molar-refractivity contribution >= 4 is 11.6 Å². The van der Waals surface area contributed by atoms with Crippen LogP contribution in [0.2, 0.25) is 0 Å². The highest BCUT2D eigenvalue weighted by Gasteiger charge is 2.16. The summed E-state index contributed by atoms with van der Waals surface area (Å²) < 4.78 is 5.51. The Morgan fingerprint density at radius 3 is 2.79 bits per heavy atom. The molecule has 0 saturated carbocycles. The number of hydrogen-bond donors (Lipinski definition) is 0. The molecule has 0 amide bonds. The van der Waals surface area contributed by atoms with E-state index in [2.05, 4.69) is 9.97 Å². The van der Waals surface area contributed by atoms with Crippen molar-refractivity contribution in [1.82, 2.24) is 9.97 Å². The number of halogens is 1. The van der Waals surface area contributed by atoms with E-state index in [1.807, 2.05) is 0 Å². The van der Waals surface area contributed by atoms with E-state index in [4.69, 9.17) is 16.3 Å². The summed E-state index contributed by atoms with van der Waals surface area (Å²) in [6.45, 7) is 0.879. The van der Waals surface area contributed by atoms with Gasteiger partial charge in [0.05, 0.1) is 12.0 Å². The van der Waals surface area contributed by atoms with Crippen molar-refractivity contribution in [1.29, 1.82) is 0 Å². The summed E-state index contributed by atoms with van der Waals surface area (Å²) >= 11 is 5.64. The molecule has 4 heteroatoms. The topological polar surface area (TPSA) is 35.0 Å². The minimum absolute atomic E-state index is 0.317. The third-order valence-electron chi connectivity index (χ3n) is 2.35. The number of ether oxygens (including phenoxy) is 1. The molecule has 0 bridgehead atoms. The largest absolute Gasteiger partial charge is 0.378 e. The van der Waals surface area contributed by atoms with Crippen LogP contribution in [-0.2, 0) is 17.0 Å². The van der Waals surface area contributed by atoms with Crippen LogP contribution in [0.15, 0.2) is 12.4 Å². The van der Waals surface area contributed by atoms with E-state index in [-0.39, 0.29) is 0 Å². The summed E-state index contributed by atoms with van der Waals surface area (Å²) in [4.78, 5) is 8.47. The maximum absolute atomic E-state index is 5.64. The molecule has 1 fully saturated rings. The van der Waals surface area contributed by atoms with Crippen molar-refractivity contribution in [3.05, 3.63) is 23.8 Å². The standard InChI is InChI=1S/C10H13ClN2O/c11-5-8-6-12-10(13-7-8)4-9-2-1-3-14-9/h6-7,9H,1-5H2. The molecule has 76 valence electrons. The van der Waals surface area contributed by atoms with Gasteiger partial charge in [-0.25, -0.2) is 9.97 Å². The molecule has 1 aromatic heterocycles. The van der Waals surface area contributed by atoms with Gasteiger partial charge < -0.3 is 4.74 Å². The first-order valence-electron chi connectivity index (χ1n) is 4.86. The van der Waals surface area contributed by atoms with Gasteiger partial charge in [-0.1, -0.05) is 0 Å². The van der Waals surface area contributed by atoms with E-state index in [1.54, 1.807) is 12.4 Å². The van der Waals surface area contributed by atoms with Crippen LogP contribution in [0, 0.1) is 0 Å². The molecule has 0 aromatic carbocycles. The highest BCUT2D eigenvalue weighted by Crippen LogP contribution is 2.15. The van der Waals surface area contributed by atoms with Crippen molar-refractivity contribution in [3.63, 3.8) is 0 Å². The van der Waals surface area contributed by atoms with E-state index in [0.717, 1.165) is 37.3 Å². The quantitative estimate of drug-likeness (QED) is 0.719. The molecule has 0 N–H and O–H groups in total. The van der Waals surface area contributed by atoms with Crippen molar-refractivity contribution in [3.8, 4) is 0 Å². The Balaban J connectivity index is 1.95. The first kappa shape index (κ1) is 9.87. The van der Waals surface area contributed by atoms with Crippen LogP contribution in [0.5, 0.6) is 0 Å². The van der Waals surface area contributed by atoms with Gasteiger partial charge in [0.15, 0.2) is 0 Å². The summed E-state index contributed by atoms with van der Waals surface area (Å²) in [5.74, 6) is 1.32. The molecule has 1 saturated heterocycles. The maximum atomic E-state index is 5.64. The molecule has 1 aromatic rings. The van der Waals surface area contributed by atoms with Gasteiger partial charge in [0.1, 0.15) is 5.82 Å². The van der Waals surface area contributed by atoms with Gasteiger partial charge in [-0.2, -0.15) is 0 Å². The average Bonchev–Trinajstić information content (AvgIpc) is 2.72. The molecule has 2 heterocycles. The number of alkyl halides is 1. The lowest BCUT2D eigenvalue weighted by atomic mass is 10.2. The van der Waals surface area contributed by atoms with Crippen LogP contribution in [0.3, 0.4) is 0 Å². The molecule has 1 atom stereocenters. The molecule has 1 aliphatic rings. The Bertz CT molecular complexity index is 283. The zero-order chi connectivity index (χ0) is 9.80. The third-order valence-corrected chi connectivity index (χ3v) is 2.66. The third kappa shape index (κ3) is 2.42. The normalized spacial score (nSPS) is 21.4. The summed E-state index contributed by atoms with van der Waals surface area (Å²) in [6, 6.07) is 0. The lowest BCUT2D eigenvalue weighted by Gasteiger charge is -2.07. The fourth-order valence-corrected chi connectivity index (χ4v) is 1.70. The van der Waals surface area contributed by atoms with Gasteiger partial charge in [0.2, 0.25) is 0 Å². The first-order valence-corrected chi connectivity index (χ1v) is 5.39. The van der Waals surface area contributed by atoms with Gasteiger partial charge in [-0.15, -0.1) is 11.6 Å². The molecule has 1 aliphatic heterocycles. The second kappa shape index (κ2) is 4.71. The minimum Gasteiger partial charge on any atom is -0.378 e. The second-order valence-corrected chi connectivity index (χ2v) is 3.75. The van der Waals surface area contributed by atoms with Crippen LogP contribution in [0.1, 0.15) is 24.2 Å². The average molecular weight is 213 g/mol. The van der Waals surface area contributed by atoms with Crippen molar-refractivity contribution in [2.45, 2.75) is 31.2 Å². The number of aromatic nitrogens is 2. The highest BCUT2D eigenvalue weighted by molar-refractivity contribution is 6.17. The highest BCUT2D eigenvalue weighted by atomic mass is 35.5. The van der Waals surface area contributed by atoms with Crippen LogP contribution in [0.25, 0.3) is 0 Å². The molecule has 2 rings (SSSR count). The number of nitrogens with zero attached hydrogens (tertiary/aromatic N) is 2. The van der Waals surface area contributed by atoms with Gasteiger partial charge in [0, 0.05) is 31.0 Å². The predicted molar refractivity (Wildman–Crippen MR) is 54.3 cm³/mol. The van der Waals surface area contributed by atoms with Crippen LogP contribution < -0.4 is 0 Å². The second-order valence-electron chi connectivity index (χ2n) is 3.48. The molecule has 14 heavy (non-hydrogen) atoms. The van der Waals surface area contributed by atoms with Crippen molar-refractivity contribution < 1.29 is 4.74 Å². The summed E-state index contributed by atoms with van der Waals surface area (Å²) in [5, 5.41) is 0. The molecule has 0 spiro atoms. The summed E-state index contributed by atoms with van der Waals surface area (Å²) in [6.07, 6.45) is 6.99. The number of hydrogen-bond acceptors (Lipinski definition) is 3. The Morgan fingerprint density at radius 1 is 1.43 bits per heavy atom. The van der Waals surface area contributed by atoms with Crippen LogP contribution >= 0.6 is 11.6 Å².